The van der Waals surface area contributed by atoms with Crippen molar-refractivity contribution in [2.75, 3.05) is 5.32 Å². The lowest BCUT2D eigenvalue weighted by Crippen LogP contribution is -2.34. The molecule has 0 aliphatic rings. The number of aromatic nitrogens is 3. The molecule has 0 atom stereocenters. The number of urea groups is 1. The van der Waals surface area contributed by atoms with Gasteiger partial charge < -0.3 is 10.7 Å². The second-order valence-corrected chi connectivity index (χ2v) is 7.01. The molecule has 0 spiro atoms. The van der Waals surface area contributed by atoms with E-state index in [9.17, 15) is 22.8 Å². The number of pyridine rings is 1. The Bertz CT molecular complexity index is 1190. The average molecular weight is 420 g/mol. The van der Waals surface area contributed by atoms with E-state index in [-0.39, 0.29) is 34.0 Å². The summed E-state index contributed by atoms with van der Waals surface area (Å²) in [5, 5.41) is 15.6. The molecule has 11 heteroatoms. The Morgan fingerprint density at radius 3 is 2.60 bits per heavy atom. The third kappa shape index (κ3) is 4.04. The maximum Gasteiger partial charge on any atom is 0.416 e. The first kappa shape index (κ1) is 21.1. The van der Waals surface area contributed by atoms with Crippen molar-refractivity contribution in [1.29, 1.82) is 5.41 Å². The van der Waals surface area contributed by atoms with Crippen LogP contribution >= 0.6 is 0 Å². The van der Waals surface area contributed by atoms with Gasteiger partial charge in [0.05, 0.1) is 27.7 Å². The van der Waals surface area contributed by atoms with Crippen molar-refractivity contribution in [2.24, 2.45) is 0 Å². The van der Waals surface area contributed by atoms with E-state index in [4.69, 9.17) is 5.41 Å². The Morgan fingerprint density at radius 2 is 2.00 bits per heavy atom. The molecule has 1 aromatic carbocycles. The van der Waals surface area contributed by atoms with Crippen molar-refractivity contribution in [3.05, 3.63) is 51.4 Å². The van der Waals surface area contributed by atoms with Crippen LogP contribution in [0.2, 0.25) is 0 Å². The van der Waals surface area contributed by atoms with E-state index in [2.05, 4.69) is 20.7 Å². The van der Waals surface area contributed by atoms with Gasteiger partial charge in [0.2, 0.25) is 0 Å². The summed E-state index contributed by atoms with van der Waals surface area (Å²) in [6.07, 6.45) is -2.47. The van der Waals surface area contributed by atoms with Crippen molar-refractivity contribution in [3.8, 4) is 5.69 Å². The predicted molar refractivity (Wildman–Crippen MR) is 107 cm³/mol. The summed E-state index contributed by atoms with van der Waals surface area (Å²) in [6, 6.07) is 2.59. The molecule has 30 heavy (non-hydrogen) atoms. The molecule has 4 N–H and O–H groups in total. The minimum Gasteiger partial charge on any atom is -0.336 e. The molecular weight excluding hydrogens is 401 g/mol. The van der Waals surface area contributed by atoms with Crippen LogP contribution in [0.15, 0.2) is 29.2 Å². The van der Waals surface area contributed by atoms with E-state index < -0.39 is 23.3 Å². The molecule has 0 aliphatic carbocycles. The highest BCUT2D eigenvalue weighted by Gasteiger charge is 2.31. The Labute approximate surface area is 168 Å². The molecular formula is C19H19F3N6O2. The number of nitrogens with zero attached hydrogens (tertiary/aromatic N) is 2. The summed E-state index contributed by atoms with van der Waals surface area (Å²) in [6.45, 7) is 5.02. The minimum absolute atomic E-state index is 0.00786. The maximum absolute atomic E-state index is 13.2. The van der Waals surface area contributed by atoms with Crippen LogP contribution in [-0.2, 0) is 6.18 Å². The van der Waals surface area contributed by atoms with E-state index in [0.717, 1.165) is 23.0 Å². The van der Waals surface area contributed by atoms with E-state index in [1.54, 1.807) is 13.8 Å². The van der Waals surface area contributed by atoms with Crippen LogP contribution in [0, 0.1) is 12.3 Å². The molecule has 2 amide bonds. The number of amides is 2. The van der Waals surface area contributed by atoms with Gasteiger partial charge in [0, 0.05) is 18.5 Å². The van der Waals surface area contributed by atoms with E-state index in [1.807, 2.05) is 0 Å². The van der Waals surface area contributed by atoms with Gasteiger partial charge in [-0.3, -0.25) is 15.2 Å². The Hall–Kier alpha value is -3.63. The zero-order valence-electron chi connectivity index (χ0n) is 16.3. The number of fused-ring (bicyclic) bond motifs is 1. The number of rotatable bonds is 4. The van der Waals surface area contributed by atoms with Gasteiger partial charge in [0.15, 0.2) is 0 Å². The molecule has 0 bridgehead atoms. The molecule has 2 aromatic heterocycles. The minimum atomic E-state index is -4.57. The molecule has 0 unspecified atom stereocenters. The highest BCUT2D eigenvalue weighted by Crippen LogP contribution is 2.31. The molecule has 0 fully saturated rings. The standard InChI is InChI=1S/C19H19F3N6O2/c1-9(2)25-18(30)26-16-13(7-23)15-14(8-24-16)17(29)28(27-15)12-5-10(3)4-11(6-12)19(20,21)22/h4-9,23,27H,1-3H3,(H2,24,25,26,30). The summed E-state index contributed by atoms with van der Waals surface area (Å²) >= 11 is 0. The zero-order valence-corrected chi connectivity index (χ0v) is 16.3. The number of hydrogen-bond acceptors (Lipinski definition) is 4. The van der Waals surface area contributed by atoms with Crippen molar-refractivity contribution in [2.45, 2.75) is 33.0 Å². The van der Waals surface area contributed by atoms with Crippen LogP contribution in [0.25, 0.3) is 16.6 Å². The van der Waals surface area contributed by atoms with Crippen LogP contribution in [0.3, 0.4) is 0 Å². The van der Waals surface area contributed by atoms with Crippen LogP contribution in [0.5, 0.6) is 0 Å². The molecule has 0 aliphatic heterocycles. The first-order valence-electron chi connectivity index (χ1n) is 8.92. The molecule has 3 aromatic rings. The number of aromatic amines is 1. The number of carbonyl (C=O) groups excluding carboxylic acids is 1. The van der Waals surface area contributed by atoms with E-state index >= 15 is 0 Å². The van der Waals surface area contributed by atoms with Crippen LogP contribution < -0.4 is 16.2 Å². The van der Waals surface area contributed by atoms with Crippen LogP contribution in [0.1, 0.15) is 30.5 Å². The highest BCUT2D eigenvalue weighted by atomic mass is 19.4. The van der Waals surface area contributed by atoms with Gasteiger partial charge in [-0.05, 0) is 44.5 Å². The van der Waals surface area contributed by atoms with Crippen LogP contribution in [-0.4, -0.2) is 33.1 Å². The third-order valence-electron chi connectivity index (χ3n) is 4.22. The van der Waals surface area contributed by atoms with Gasteiger partial charge in [-0.25, -0.2) is 14.5 Å². The number of hydrogen-bond donors (Lipinski definition) is 4. The summed E-state index contributed by atoms with van der Waals surface area (Å²) in [7, 11) is 0. The average Bonchev–Trinajstić information content (AvgIpc) is 2.96. The number of carbonyl (C=O) groups is 1. The molecule has 0 saturated carbocycles. The number of H-pyrrole nitrogens is 1. The molecule has 0 radical (unpaired) electrons. The number of alkyl halides is 3. The summed E-state index contributed by atoms with van der Waals surface area (Å²) in [5.41, 5.74) is -0.917. The lowest BCUT2D eigenvalue weighted by Gasteiger charge is -2.11. The highest BCUT2D eigenvalue weighted by molar-refractivity contribution is 6.04. The SMILES string of the molecule is Cc1cc(-n2[nH]c3c(C=N)c(NC(=O)NC(C)C)ncc3c2=O)cc(C(F)(F)F)c1. The Morgan fingerprint density at radius 1 is 1.30 bits per heavy atom. The predicted octanol–water partition coefficient (Wildman–Crippen LogP) is 3.57. The first-order chi connectivity index (χ1) is 14.0. The largest absolute Gasteiger partial charge is 0.416 e. The number of aryl methyl sites for hydroxylation is 1. The molecule has 8 nitrogen and oxygen atoms in total. The normalized spacial score (nSPS) is 11.7. The number of nitrogens with one attached hydrogen (secondary N) is 4. The van der Waals surface area contributed by atoms with Gasteiger partial charge in [-0.1, -0.05) is 0 Å². The van der Waals surface area contributed by atoms with Crippen molar-refractivity contribution < 1.29 is 18.0 Å². The maximum atomic E-state index is 13.2. The van der Waals surface area contributed by atoms with Crippen molar-refractivity contribution in [3.63, 3.8) is 0 Å². The van der Waals surface area contributed by atoms with Gasteiger partial charge in [0.25, 0.3) is 5.56 Å². The van der Waals surface area contributed by atoms with E-state index in [1.165, 1.54) is 19.2 Å². The summed E-state index contributed by atoms with van der Waals surface area (Å²) in [4.78, 5) is 28.8. The summed E-state index contributed by atoms with van der Waals surface area (Å²) in [5.74, 6) is 0.0317. The van der Waals surface area contributed by atoms with Gasteiger partial charge in [-0.15, -0.1) is 0 Å². The fourth-order valence-corrected chi connectivity index (χ4v) is 2.98. The van der Waals surface area contributed by atoms with Gasteiger partial charge in [-0.2, -0.15) is 13.2 Å². The second-order valence-electron chi connectivity index (χ2n) is 7.01. The molecule has 3 rings (SSSR count). The zero-order chi connectivity index (χ0) is 22.2. The molecule has 2 heterocycles. The molecule has 158 valence electrons. The monoisotopic (exact) mass is 420 g/mol. The second kappa shape index (κ2) is 7.65. The lowest BCUT2D eigenvalue weighted by molar-refractivity contribution is -0.137. The lowest BCUT2D eigenvalue weighted by atomic mass is 10.1. The molecule has 0 saturated heterocycles. The van der Waals surface area contributed by atoms with Gasteiger partial charge in [0.1, 0.15) is 5.82 Å². The number of halogens is 3. The first-order valence-corrected chi connectivity index (χ1v) is 8.92. The Kier molecular flexibility index (Phi) is 5.38. The van der Waals surface area contributed by atoms with Gasteiger partial charge >= 0.3 is 12.2 Å². The third-order valence-corrected chi connectivity index (χ3v) is 4.22. The quantitative estimate of drug-likeness (QED) is 0.484. The fourth-order valence-electron chi connectivity index (χ4n) is 2.98. The van der Waals surface area contributed by atoms with Crippen molar-refractivity contribution >= 4 is 29.0 Å². The van der Waals surface area contributed by atoms with Crippen LogP contribution in [0.4, 0.5) is 23.8 Å². The topological polar surface area (TPSA) is 116 Å². The van der Waals surface area contributed by atoms with E-state index in [0.29, 0.717) is 5.56 Å². The summed E-state index contributed by atoms with van der Waals surface area (Å²) < 4.78 is 40.5. The number of anilines is 1. The smallest absolute Gasteiger partial charge is 0.336 e. The fraction of sp³-hybridized carbons (Fsp3) is 0.263. The number of benzene rings is 1. The van der Waals surface area contributed by atoms with Crippen molar-refractivity contribution in [1.82, 2.24) is 20.1 Å². The Balaban J connectivity index is 2.15.